The molecule has 0 aliphatic heterocycles. The molecule has 0 N–H and O–H groups in total. The first-order valence-electron chi connectivity index (χ1n) is 5.57. The molecule has 4 nitrogen and oxygen atoms in total. The van der Waals surface area contributed by atoms with Gasteiger partial charge in [-0.1, -0.05) is 39.1 Å². The minimum atomic E-state index is -4.81. The van der Waals surface area contributed by atoms with E-state index in [-0.39, 0.29) is 21.3 Å². The first-order chi connectivity index (χ1) is 10.5. The fourth-order valence-corrected chi connectivity index (χ4v) is 4.56. The number of hydrogen-bond donors (Lipinski definition) is 0. The predicted octanol–water partition coefficient (Wildman–Crippen LogP) is 5.25. The van der Waals surface area contributed by atoms with E-state index in [4.69, 9.17) is 51.7 Å². The Balaban J connectivity index is 2.75. The summed E-state index contributed by atoms with van der Waals surface area (Å²) in [4.78, 5) is -0.678. The lowest BCUT2D eigenvalue weighted by Gasteiger charge is -2.10. The van der Waals surface area contributed by atoms with E-state index in [1.54, 1.807) is 6.07 Å². The van der Waals surface area contributed by atoms with Crippen LogP contribution in [0.2, 0.25) is 10.0 Å². The molecule has 0 aliphatic carbocycles. The van der Waals surface area contributed by atoms with Gasteiger partial charge in [-0.3, -0.25) is 0 Å². The van der Waals surface area contributed by atoms with Gasteiger partial charge in [-0.15, -0.1) is 0 Å². The number of alkyl halides is 3. The summed E-state index contributed by atoms with van der Waals surface area (Å²) >= 11 is 25.5. The van der Waals surface area contributed by atoms with Crippen LogP contribution >= 0.6 is 62.3 Å². The maximum atomic E-state index is 13.6. The lowest BCUT2D eigenvalue weighted by Crippen LogP contribution is -2.21. The molecule has 0 unspecified atom stereocenters. The van der Waals surface area contributed by atoms with Crippen LogP contribution in [-0.2, 0) is 9.84 Å². The molecule has 0 amide bonds. The number of nitrogens with zero attached hydrogens (tertiary/aromatic N) is 2. The maximum absolute atomic E-state index is 13.6. The normalized spacial score (nSPS) is 12.2. The number of benzene rings is 1. The second-order valence-electron chi connectivity index (χ2n) is 4.22. The van der Waals surface area contributed by atoms with Crippen molar-refractivity contribution in [3.8, 4) is 11.8 Å². The Labute approximate surface area is 159 Å². The van der Waals surface area contributed by atoms with Crippen molar-refractivity contribution in [2.75, 3.05) is 0 Å². The van der Waals surface area contributed by atoms with Crippen molar-refractivity contribution in [3.05, 3.63) is 44.6 Å². The standard InChI is InChI=1S/C12H4BrCl4FN2O2S/c13-7-1-8(14)11(9(15)2-7)20-4-6(3-19)10(5-20)23(21,22)12(16,17)18/h1-2,4-5H. The molecule has 2 aromatic rings. The Bertz CT molecular complexity index is 909. The molecule has 0 fully saturated rings. The first-order valence-corrected chi connectivity index (χ1v) is 9.36. The SMILES string of the molecule is N#Cc1cn(-c2c(Cl)cc(Br)cc2Cl)cc1S(=O)(=O)C(F)(Cl)Cl. The number of rotatable bonds is 3. The third-order valence-electron chi connectivity index (χ3n) is 2.74. The number of hydrogen-bond acceptors (Lipinski definition) is 3. The molecule has 0 radical (unpaired) electrons. The van der Waals surface area contributed by atoms with Crippen molar-refractivity contribution >= 4 is 72.2 Å². The van der Waals surface area contributed by atoms with Crippen LogP contribution in [0, 0.1) is 11.3 Å². The van der Waals surface area contributed by atoms with Crippen molar-refractivity contribution in [1.82, 2.24) is 4.57 Å². The van der Waals surface area contributed by atoms with E-state index >= 15 is 0 Å². The quantitative estimate of drug-likeness (QED) is 0.563. The molecule has 0 saturated heterocycles. The summed E-state index contributed by atoms with van der Waals surface area (Å²) in [6.45, 7) is 0. The van der Waals surface area contributed by atoms with E-state index in [0.29, 0.717) is 4.47 Å². The van der Waals surface area contributed by atoms with Crippen LogP contribution in [0.5, 0.6) is 0 Å². The van der Waals surface area contributed by atoms with Crippen LogP contribution in [0.1, 0.15) is 5.56 Å². The van der Waals surface area contributed by atoms with E-state index in [1.807, 2.05) is 0 Å². The van der Waals surface area contributed by atoms with Crippen molar-refractivity contribution in [3.63, 3.8) is 0 Å². The highest BCUT2D eigenvalue weighted by Gasteiger charge is 2.44. The van der Waals surface area contributed by atoms with Gasteiger partial charge in [0.2, 0.25) is 9.84 Å². The maximum Gasteiger partial charge on any atom is 0.362 e. The van der Waals surface area contributed by atoms with Gasteiger partial charge in [0.15, 0.2) is 0 Å². The molecule has 122 valence electrons. The van der Waals surface area contributed by atoms with Gasteiger partial charge in [0.25, 0.3) is 0 Å². The molecule has 1 heterocycles. The molecule has 0 bridgehead atoms. The summed E-state index contributed by atoms with van der Waals surface area (Å²) in [6.07, 6.45) is 2.10. The zero-order chi connectivity index (χ0) is 17.6. The minimum Gasteiger partial charge on any atom is -0.318 e. The van der Waals surface area contributed by atoms with Gasteiger partial charge in [0, 0.05) is 16.9 Å². The Morgan fingerprint density at radius 3 is 2.17 bits per heavy atom. The highest BCUT2D eigenvalue weighted by atomic mass is 79.9. The molecule has 23 heavy (non-hydrogen) atoms. The van der Waals surface area contributed by atoms with Crippen LogP contribution in [-0.4, -0.2) is 16.9 Å². The summed E-state index contributed by atoms with van der Waals surface area (Å²) in [5.74, 6) is 0. The highest BCUT2D eigenvalue weighted by Crippen LogP contribution is 2.39. The van der Waals surface area contributed by atoms with E-state index in [2.05, 4.69) is 15.9 Å². The van der Waals surface area contributed by atoms with Gasteiger partial charge < -0.3 is 4.57 Å². The molecular weight excluding hydrogens is 477 g/mol. The molecule has 0 spiro atoms. The van der Waals surface area contributed by atoms with Crippen LogP contribution in [0.3, 0.4) is 0 Å². The minimum absolute atomic E-state index is 0.177. The monoisotopic (exact) mass is 478 g/mol. The van der Waals surface area contributed by atoms with E-state index in [9.17, 15) is 12.8 Å². The summed E-state index contributed by atoms with van der Waals surface area (Å²) in [6, 6.07) is 4.67. The summed E-state index contributed by atoms with van der Waals surface area (Å²) in [5.41, 5.74) is -0.147. The summed E-state index contributed by atoms with van der Waals surface area (Å²) in [5, 5.41) is 9.43. The van der Waals surface area contributed by atoms with Gasteiger partial charge in [-0.25, -0.2) is 8.42 Å². The van der Waals surface area contributed by atoms with Gasteiger partial charge in [0.1, 0.15) is 11.0 Å². The molecule has 0 saturated carbocycles. The Kier molecular flexibility index (Phi) is 5.27. The number of sulfone groups is 1. The predicted molar refractivity (Wildman–Crippen MR) is 90.9 cm³/mol. The second kappa shape index (κ2) is 6.43. The zero-order valence-corrected chi connectivity index (χ0v) is 16.1. The number of halogens is 6. The van der Waals surface area contributed by atoms with Crippen LogP contribution < -0.4 is 0 Å². The fourth-order valence-electron chi connectivity index (χ4n) is 1.77. The smallest absolute Gasteiger partial charge is 0.318 e. The van der Waals surface area contributed by atoms with Gasteiger partial charge in [-0.05, 0) is 35.3 Å². The van der Waals surface area contributed by atoms with Crippen molar-refractivity contribution in [2.45, 2.75) is 8.81 Å². The summed E-state index contributed by atoms with van der Waals surface area (Å²) < 4.78 is 35.8. The topological polar surface area (TPSA) is 62.9 Å². The zero-order valence-electron chi connectivity index (χ0n) is 10.7. The average molecular weight is 481 g/mol. The van der Waals surface area contributed by atoms with Gasteiger partial charge in [-0.2, -0.15) is 9.65 Å². The van der Waals surface area contributed by atoms with Crippen LogP contribution in [0.25, 0.3) is 5.69 Å². The highest BCUT2D eigenvalue weighted by molar-refractivity contribution is 9.10. The van der Waals surface area contributed by atoms with Crippen LogP contribution in [0.4, 0.5) is 4.39 Å². The van der Waals surface area contributed by atoms with Crippen LogP contribution in [0.15, 0.2) is 33.9 Å². The largest absolute Gasteiger partial charge is 0.362 e. The second-order valence-corrected chi connectivity index (χ2v) is 9.65. The summed E-state index contributed by atoms with van der Waals surface area (Å²) in [7, 11) is -4.81. The third kappa shape index (κ3) is 3.48. The first kappa shape index (κ1) is 18.8. The number of aromatic nitrogens is 1. The molecule has 0 atom stereocenters. The van der Waals surface area contributed by atoms with E-state index in [0.717, 1.165) is 12.4 Å². The Hall–Kier alpha value is -0.490. The van der Waals surface area contributed by atoms with Gasteiger partial charge >= 0.3 is 3.92 Å². The van der Waals surface area contributed by atoms with Crippen molar-refractivity contribution < 1.29 is 12.8 Å². The lowest BCUT2D eigenvalue weighted by atomic mass is 10.3. The Morgan fingerprint density at radius 2 is 1.74 bits per heavy atom. The van der Waals surface area contributed by atoms with E-state index < -0.39 is 18.7 Å². The molecule has 1 aromatic carbocycles. The van der Waals surface area contributed by atoms with Crippen molar-refractivity contribution in [1.29, 1.82) is 5.26 Å². The fraction of sp³-hybridized carbons (Fsp3) is 0.0833. The Morgan fingerprint density at radius 1 is 1.22 bits per heavy atom. The molecular formula is C12H4BrCl4FN2O2S. The third-order valence-corrected chi connectivity index (χ3v) is 6.51. The average Bonchev–Trinajstić information content (AvgIpc) is 2.80. The molecule has 1 aromatic heterocycles. The van der Waals surface area contributed by atoms with Gasteiger partial charge in [0.05, 0.1) is 21.3 Å². The molecule has 0 aliphatic rings. The van der Waals surface area contributed by atoms with E-state index in [1.165, 1.54) is 16.7 Å². The molecule has 11 heteroatoms. The lowest BCUT2D eigenvalue weighted by molar-refractivity contribution is 0.469. The molecule has 2 rings (SSSR count). The number of nitriles is 1. The van der Waals surface area contributed by atoms with Crippen molar-refractivity contribution in [2.24, 2.45) is 0 Å².